The molecule has 0 bridgehead atoms. The molecule has 0 unspecified atom stereocenters. The molecule has 2 aromatic heterocycles. The Kier molecular flexibility index (Phi) is 6.17. The summed E-state index contributed by atoms with van der Waals surface area (Å²) in [5.41, 5.74) is 3.45. The van der Waals surface area contributed by atoms with Crippen LogP contribution < -0.4 is 10.6 Å². The number of hydrogen-bond acceptors (Lipinski definition) is 4. The first kappa shape index (κ1) is 17.9. The van der Waals surface area contributed by atoms with Crippen molar-refractivity contribution in [2.24, 2.45) is 0 Å². The quantitative estimate of drug-likeness (QED) is 0.668. The Bertz CT molecular complexity index is 870. The number of anilines is 1. The van der Waals surface area contributed by atoms with Crippen molar-refractivity contribution in [1.29, 1.82) is 0 Å². The van der Waals surface area contributed by atoms with E-state index in [2.05, 4.69) is 20.6 Å². The highest BCUT2D eigenvalue weighted by molar-refractivity contribution is 6.30. The Hall–Kier alpha value is -2.92. The molecule has 3 rings (SSSR count). The molecule has 1 amide bonds. The number of carbonyl (C=O) groups is 1. The van der Waals surface area contributed by atoms with Gasteiger partial charge in [0.2, 0.25) is 0 Å². The fraction of sp³-hybridized carbons (Fsp3) is 0.150. The standard InChI is InChI=1S/C20H19ClN4O/c21-18-5-1-3-15(9-18)6-8-24-20(26)17-10-19(14-23-13-17)25-12-16-4-2-7-22-11-16/h1-5,7,9-11,13-14,25H,6,8,12H2,(H,24,26). The lowest BCUT2D eigenvalue weighted by Gasteiger charge is -2.09. The fourth-order valence-corrected chi connectivity index (χ4v) is 2.70. The van der Waals surface area contributed by atoms with E-state index in [-0.39, 0.29) is 5.91 Å². The van der Waals surface area contributed by atoms with Crippen molar-refractivity contribution in [2.75, 3.05) is 11.9 Å². The van der Waals surface area contributed by atoms with Crippen molar-refractivity contribution in [2.45, 2.75) is 13.0 Å². The molecule has 0 spiro atoms. The van der Waals surface area contributed by atoms with Crippen LogP contribution in [0, 0.1) is 0 Å². The molecule has 0 aliphatic heterocycles. The van der Waals surface area contributed by atoms with Crippen LogP contribution in [-0.4, -0.2) is 22.4 Å². The Balaban J connectivity index is 1.52. The smallest absolute Gasteiger partial charge is 0.252 e. The molecule has 132 valence electrons. The molecule has 0 aliphatic carbocycles. The molecule has 0 atom stereocenters. The molecule has 3 aromatic rings. The van der Waals surface area contributed by atoms with Crippen molar-refractivity contribution in [3.8, 4) is 0 Å². The molecule has 0 saturated carbocycles. The first-order chi connectivity index (χ1) is 12.7. The van der Waals surface area contributed by atoms with Gasteiger partial charge >= 0.3 is 0 Å². The minimum atomic E-state index is -0.149. The Morgan fingerprint density at radius 3 is 2.69 bits per heavy atom. The van der Waals surface area contributed by atoms with Crippen LogP contribution in [-0.2, 0) is 13.0 Å². The number of amides is 1. The summed E-state index contributed by atoms with van der Waals surface area (Å²) < 4.78 is 0. The number of pyridine rings is 2. The second-order valence-electron chi connectivity index (χ2n) is 5.81. The molecule has 2 N–H and O–H groups in total. The molecule has 0 saturated heterocycles. The summed E-state index contributed by atoms with van der Waals surface area (Å²) in [4.78, 5) is 20.5. The predicted molar refractivity (Wildman–Crippen MR) is 103 cm³/mol. The summed E-state index contributed by atoms with van der Waals surface area (Å²) in [6, 6.07) is 13.3. The van der Waals surface area contributed by atoms with Crippen molar-refractivity contribution in [1.82, 2.24) is 15.3 Å². The molecular formula is C20H19ClN4O. The van der Waals surface area contributed by atoms with Gasteiger partial charge in [-0.2, -0.15) is 0 Å². The molecule has 0 aliphatic rings. The summed E-state index contributed by atoms with van der Waals surface area (Å²) in [5.74, 6) is -0.149. The van der Waals surface area contributed by atoms with E-state index >= 15 is 0 Å². The molecule has 0 radical (unpaired) electrons. The fourth-order valence-electron chi connectivity index (χ4n) is 2.48. The van der Waals surface area contributed by atoms with E-state index in [1.54, 1.807) is 30.9 Å². The molecule has 6 heteroatoms. The number of benzene rings is 1. The third-order valence-electron chi connectivity index (χ3n) is 3.81. The monoisotopic (exact) mass is 366 g/mol. The van der Waals surface area contributed by atoms with Gasteiger partial charge in [0.1, 0.15) is 0 Å². The van der Waals surface area contributed by atoms with Crippen LogP contribution in [0.5, 0.6) is 0 Å². The van der Waals surface area contributed by atoms with Crippen molar-refractivity contribution >= 4 is 23.2 Å². The van der Waals surface area contributed by atoms with E-state index in [0.29, 0.717) is 23.7 Å². The minimum Gasteiger partial charge on any atom is -0.380 e. The van der Waals surface area contributed by atoms with Gasteiger partial charge < -0.3 is 10.6 Å². The highest BCUT2D eigenvalue weighted by Gasteiger charge is 2.07. The maximum atomic E-state index is 12.3. The SMILES string of the molecule is O=C(NCCc1cccc(Cl)c1)c1cncc(NCc2cccnc2)c1. The van der Waals surface area contributed by atoms with E-state index in [0.717, 1.165) is 23.2 Å². The number of nitrogens with one attached hydrogen (secondary N) is 2. The first-order valence-electron chi connectivity index (χ1n) is 8.31. The molecule has 0 fully saturated rings. The van der Waals surface area contributed by atoms with E-state index in [1.165, 1.54) is 0 Å². The first-order valence-corrected chi connectivity index (χ1v) is 8.69. The van der Waals surface area contributed by atoms with Gasteiger partial charge in [-0.05, 0) is 41.8 Å². The Morgan fingerprint density at radius 2 is 1.88 bits per heavy atom. The third kappa shape index (κ3) is 5.29. The van der Waals surface area contributed by atoms with Crippen molar-refractivity contribution < 1.29 is 4.79 Å². The third-order valence-corrected chi connectivity index (χ3v) is 4.04. The highest BCUT2D eigenvalue weighted by Crippen LogP contribution is 2.12. The molecule has 1 aromatic carbocycles. The van der Waals surface area contributed by atoms with E-state index in [1.807, 2.05) is 36.4 Å². The van der Waals surface area contributed by atoms with Crippen molar-refractivity contribution in [3.63, 3.8) is 0 Å². The van der Waals surface area contributed by atoms with Crippen LogP contribution >= 0.6 is 11.6 Å². The second-order valence-corrected chi connectivity index (χ2v) is 6.25. The number of aromatic nitrogens is 2. The number of hydrogen-bond donors (Lipinski definition) is 2. The van der Waals surface area contributed by atoms with Crippen LogP contribution in [0.2, 0.25) is 5.02 Å². The Labute approximate surface area is 157 Å². The number of nitrogens with zero attached hydrogens (tertiary/aromatic N) is 2. The van der Waals surface area contributed by atoms with Crippen LogP contribution in [0.3, 0.4) is 0 Å². The van der Waals surface area contributed by atoms with Gasteiger partial charge in [0, 0.05) is 42.9 Å². The average Bonchev–Trinajstić information content (AvgIpc) is 2.67. The molecule has 2 heterocycles. The van der Waals surface area contributed by atoms with Crippen LogP contribution in [0.4, 0.5) is 5.69 Å². The van der Waals surface area contributed by atoms with Gasteiger partial charge in [-0.25, -0.2) is 0 Å². The van der Waals surface area contributed by atoms with Crippen LogP contribution in [0.1, 0.15) is 21.5 Å². The normalized spacial score (nSPS) is 10.3. The van der Waals surface area contributed by atoms with Crippen LogP contribution in [0.15, 0.2) is 67.3 Å². The summed E-state index contributed by atoms with van der Waals surface area (Å²) >= 11 is 5.97. The largest absolute Gasteiger partial charge is 0.380 e. The maximum Gasteiger partial charge on any atom is 0.252 e. The van der Waals surface area contributed by atoms with Gasteiger partial charge in [-0.15, -0.1) is 0 Å². The Morgan fingerprint density at radius 1 is 1.00 bits per heavy atom. The number of rotatable bonds is 7. The van der Waals surface area contributed by atoms with E-state index in [9.17, 15) is 4.79 Å². The summed E-state index contributed by atoms with van der Waals surface area (Å²) in [7, 11) is 0. The molecule has 5 nitrogen and oxygen atoms in total. The minimum absolute atomic E-state index is 0.149. The molecule has 26 heavy (non-hydrogen) atoms. The number of halogens is 1. The van der Waals surface area contributed by atoms with Gasteiger partial charge in [-0.3, -0.25) is 14.8 Å². The highest BCUT2D eigenvalue weighted by atomic mass is 35.5. The maximum absolute atomic E-state index is 12.3. The lowest BCUT2D eigenvalue weighted by Crippen LogP contribution is -2.25. The predicted octanol–water partition coefficient (Wildman–Crippen LogP) is 3.71. The second kappa shape index (κ2) is 8.97. The summed E-state index contributed by atoms with van der Waals surface area (Å²) in [5, 5.41) is 6.85. The van der Waals surface area contributed by atoms with E-state index < -0.39 is 0 Å². The average molecular weight is 367 g/mol. The zero-order chi connectivity index (χ0) is 18.2. The zero-order valence-corrected chi connectivity index (χ0v) is 14.9. The number of carbonyl (C=O) groups excluding carboxylic acids is 1. The molecular weight excluding hydrogens is 348 g/mol. The zero-order valence-electron chi connectivity index (χ0n) is 14.2. The van der Waals surface area contributed by atoms with Gasteiger partial charge in [-0.1, -0.05) is 29.8 Å². The van der Waals surface area contributed by atoms with Crippen LogP contribution in [0.25, 0.3) is 0 Å². The van der Waals surface area contributed by atoms with Gasteiger partial charge in [0.15, 0.2) is 0 Å². The van der Waals surface area contributed by atoms with Gasteiger partial charge in [0.25, 0.3) is 5.91 Å². The van der Waals surface area contributed by atoms with Crippen molar-refractivity contribution in [3.05, 3.63) is 89.0 Å². The van der Waals surface area contributed by atoms with E-state index in [4.69, 9.17) is 11.6 Å². The summed E-state index contributed by atoms with van der Waals surface area (Å²) in [6.45, 7) is 1.15. The lowest BCUT2D eigenvalue weighted by atomic mass is 10.1. The summed E-state index contributed by atoms with van der Waals surface area (Å²) in [6.07, 6.45) is 7.51. The topological polar surface area (TPSA) is 66.9 Å². The lowest BCUT2D eigenvalue weighted by molar-refractivity contribution is 0.0954. The van der Waals surface area contributed by atoms with Gasteiger partial charge in [0.05, 0.1) is 11.3 Å².